The van der Waals surface area contributed by atoms with Gasteiger partial charge < -0.3 is 10.1 Å². The molecule has 1 aliphatic rings. The molecule has 1 aromatic rings. The number of aliphatic imine (C=N–C) groups is 1. The fourth-order valence-electron chi connectivity index (χ4n) is 1.99. The number of guanidine groups is 1. The first kappa shape index (κ1) is 12.9. The Hall–Kier alpha value is -1.59. The first-order valence-corrected chi connectivity index (χ1v) is 6.19. The number of hydrazine groups is 1. The first-order chi connectivity index (χ1) is 8.72. The van der Waals surface area contributed by atoms with Gasteiger partial charge in [-0.15, -0.1) is 0 Å². The molecule has 5 nitrogen and oxygen atoms in total. The minimum atomic E-state index is -0.152. The molecule has 0 spiro atoms. The Morgan fingerprint density at radius 3 is 2.83 bits per heavy atom. The van der Waals surface area contributed by atoms with Gasteiger partial charge in [-0.05, 0) is 31.9 Å². The average Bonchev–Trinajstić information content (AvgIpc) is 2.83. The van der Waals surface area contributed by atoms with Gasteiger partial charge in [-0.3, -0.25) is 5.43 Å². The normalized spacial score (nSPS) is 24.0. The van der Waals surface area contributed by atoms with E-state index in [-0.39, 0.29) is 5.60 Å². The fourth-order valence-corrected chi connectivity index (χ4v) is 1.99. The van der Waals surface area contributed by atoms with Crippen LogP contribution in [-0.2, 0) is 4.74 Å². The van der Waals surface area contributed by atoms with E-state index >= 15 is 0 Å². The number of hydrogen-bond donors (Lipinski definition) is 3. The van der Waals surface area contributed by atoms with Crippen LogP contribution in [0.5, 0.6) is 0 Å². The summed E-state index contributed by atoms with van der Waals surface area (Å²) in [4.78, 5) is 4.44. The number of benzene rings is 1. The van der Waals surface area contributed by atoms with Gasteiger partial charge in [0.15, 0.2) is 0 Å². The minimum Gasteiger partial charge on any atom is -0.373 e. The van der Waals surface area contributed by atoms with Crippen molar-refractivity contribution in [3.05, 3.63) is 30.3 Å². The minimum absolute atomic E-state index is 0.152. The van der Waals surface area contributed by atoms with Crippen LogP contribution in [0.3, 0.4) is 0 Å². The maximum atomic E-state index is 5.68. The smallest absolute Gasteiger partial charge is 0.210 e. The number of nitrogens with two attached hydrogens (primary N) is 1. The lowest BCUT2D eigenvalue weighted by Crippen LogP contribution is -2.38. The summed E-state index contributed by atoms with van der Waals surface area (Å²) in [5.41, 5.74) is 3.37. The lowest BCUT2D eigenvalue weighted by molar-refractivity contribution is 0.0284. The summed E-state index contributed by atoms with van der Waals surface area (Å²) in [6, 6.07) is 9.79. The van der Waals surface area contributed by atoms with Gasteiger partial charge in [-0.1, -0.05) is 18.2 Å². The molecule has 0 aromatic heterocycles. The third-order valence-electron chi connectivity index (χ3n) is 3.05. The summed E-state index contributed by atoms with van der Waals surface area (Å²) in [5, 5.41) is 3.13. The number of ether oxygens (including phenoxy) is 1. The number of rotatable bonds is 3. The van der Waals surface area contributed by atoms with Crippen LogP contribution in [-0.4, -0.2) is 24.7 Å². The van der Waals surface area contributed by atoms with E-state index in [4.69, 9.17) is 10.6 Å². The molecule has 0 aliphatic carbocycles. The molecule has 0 radical (unpaired) electrons. The van der Waals surface area contributed by atoms with Crippen LogP contribution in [0.4, 0.5) is 5.69 Å². The Morgan fingerprint density at radius 2 is 2.22 bits per heavy atom. The van der Waals surface area contributed by atoms with Crippen LogP contribution >= 0.6 is 0 Å². The highest BCUT2D eigenvalue weighted by atomic mass is 16.5. The van der Waals surface area contributed by atoms with Crippen LogP contribution in [0.1, 0.15) is 19.8 Å². The molecular formula is C13H20N4O. The van der Waals surface area contributed by atoms with E-state index in [9.17, 15) is 0 Å². The van der Waals surface area contributed by atoms with Crippen LogP contribution in [0.2, 0.25) is 0 Å². The van der Waals surface area contributed by atoms with E-state index < -0.39 is 0 Å². The molecule has 0 bridgehead atoms. The summed E-state index contributed by atoms with van der Waals surface area (Å²) in [5.74, 6) is 6.02. The maximum absolute atomic E-state index is 5.68. The third kappa shape index (κ3) is 3.45. The SMILES string of the molecule is CC1(CN=C(NN)Nc2ccccc2)CCCO1. The average molecular weight is 248 g/mol. The summed E-state index contributed by atoms with van der Waals surface area (Å²) in [7, 11) is 0. The van der Waals surface area contributed by atoms with E-state index in [0.717, 1.165) is 25.1 Å². The molecule has 4 N–H and O–H groups in total. The van der Waals surface area contributed by atoms with Crippen LogP contribution in [0.15, 0.2) is 35.3 Å². The molecule has 1 heterocycles. The molecule has 1 fully saturated rings. The monoisotopic (exact) mass is 248 g/mol. The molecule has 1 saturated heterocycles. The second kappa shape index (κ2) is 5.84. The fraction of sp³-hybridized carbons (Fsp3) is 0.462. The van der Waals surface area contributed by atoms with E-state index in [0.29, 0.717) is 12.5 Å². The molecule has 0 amide bonds. The van der Waals surface area contributed by atoms with Gasteiger partial charge in [-0.25, -0.2) is 10.8 Å². The zero-order valence-electron chi connectivity index (χ0n) is 10.6. The number of hydrogen-bond acceptors (Lipinski definition) is 3. The maximum Gasteiger partial charge on any atom is 0.210 e. The highest BCUT2D eigenvalue weighted by Crippen LogP contribution is 2.25. The highest BCUT2D eigenvalue weighted by Gasteiger charge is 2.29. The summed E-state index contributed by atoms with van der Waals surface area (Å²) >= 11 is 0. The number of nitrogens with zero attached hydrogens (tertiary/aromatic N) is 1. The van der Waals surface area contributed by atoms with Gasteiger partial charge in [0.2, 0.25) is 5.96 Å². The van der Waals surface area contributed by atoms with Gasteiger partial charge >= 0.3 is 0 Å². The quantitative estimate of drug-likeness (QED) is 0.328. The molecule has 0 saturated carbocycles. The Kier molecular flexibility index (Phi) is 4.17. The van der Waals surface area contributed by atoms with Crippen molar-refractivity contribution >= 4 is 11.6 Å². The standard InChI is InChI=1S/C13H20N4O/c1-13(8-5-9-18-13)10-15-12(17-14)16-11-6-3-2-4-7-11/h2-4,6-7H,5,8-10,14H2,1H3,(H2,15,16,17). The van der Waals surface area contributed by atoms with Gasteiger partial charge in [0.05, 0.1) is 12.1 Å². The van der Waals surface area contributed by atoms with E-state index in [1.54, 1.807) is 0 Å². The lowest BCUT2D eigenvalue weighted by Gasteiger charge is -2.21. The van der Waals surface area contributed by atoms with Gasteiger partial charge in [-0.2, -0.15) is 0 Å². The molecule has 5 heteroatoms. The van der Waals surface area contributed by atoms with Crippen molar-refractivity contribution in [3.63, 3.8) is 0 Å². The van der Waals surface area contributed by atoms with Gasteiger partial charge in [0.25, 0.3) is 0 Å². The summed E-state index contributed by atoms with van der Waals surface area (Å²) in [6.45, 7) is 3.51. The lowest BCUT2D eigenvalue weighted by atomic mass is 10.0. The van der Waals surface area contributed by atoms with Crippen molar-refractivity contribution < 1.29 is 4.74 Å². The topological polar surface area (TPSA) is 71.7 Å². The van der Waals surface area contributed by atoms with E-state index in [1.165, 1.54) is 0 Å². The molecule has 2 rings (SSSR count). The number of para-hydroxylation sites is 1. The molecule has 1 aromatic carbocycles. The number of anilines is 1. The zero-order chi connectivity index (χ0) is 12.8. The summed E-state index contributed by atoms with van der Waals surface area (Å²) < 4.78 is 5.68. The molecule has 1 aliphatic heterocycles. The molecule has 1 unspecified atom stereocenters. The summed E-state index contributed by atoms with van der Waals surface area (Å²) in [6.07, 6.45) is 2.14. The third-order valence-corrected chi connectivity index (χ3v) is 3.05. The Labute approximate surface area is 107 Å². The highest BCUT2D eigenvalue weighted by molar-refractivity contribution is 5.93. The van der Waals surface area contributed by atoms with Crippen LogP contribution in [0, 0.1) is 0 Å². The Morgan fingerprint density at radius 1 is 1.44 bits per heavy atom. The van der Waals surface area contributed by atoms with Crippen molar-refractivity contribution in [3.8, 4) is 0 Å². The molecule has 1 atom stereocenters. The molecule has 98 valence electrons. The Balaban J connectivity index is 1.96. The molecule has 18 heavy (non-hydrogen) atoms. The van der Waals surface area contributed by atoms with Crippen LogP contribution in [0.25, 0.3) is 0 Å². The van der Waals surface area contributed by atoms with Crippen molar-refractivity contribution in [2.45, 2.75) is 25.4 Å². The van der Waals surface area contributed by atoms with Crippen molar-refractivity contribution in [1.82, 2.24) is 5.43 Å². The predicted molar refractivity (Wildman–Crippen MR) is 73.3 cm³/mol. The van der Waals surface area contributed by atoms with Gasteiger partial charge in [0.1, 0.15) is 0 Å². The second-order valence-electron chi connectivity index (χ2n) is 4.70. The van der Waals surface area contributed by atoms with E-state index in [1.807, 2.05) is 30.3 Å². The van der Waals surface area contributed by atoms with Crippen LogP contribution < -0.4 is 16.6 Å². The van der Waals surface area contributed by atoms with Gasteiger partial charge in [0, 0.05) is 12.3 Å². The Bertz CT molecular complexity index is 399. The van der Waals surface area contributed by atoms with E-state index in [2.05, 4.69) is 22.7 Å². The van der Waals surface area contributed by atoms with Crippen molar-refractivity contribution in [1.29, 1.82) is 0 Å². The van der Waals surface area contributed by atoms with Crippen molar-refractivity contribution in [2.24, 2.45) is 10.8 Å². The van der Waals surface area contributed by atoms with Crippen molar-refractivity contribution in [2.75, 3.05) is 18.5 Å². The largest absolute Gasteiger partial charge is 0.373 e. The molecular weight excluding hydrogens is 228 g/mol. The second-order valence-corrected chi connectivity index (χ2v) is 4.70. The zero-order valence-corrected chi connectivity index (χ0v) is 10.6. The number of nitrogens with one attached hydrogen (secondary N) is 2. The first-order valence-electron chi connectivity index (χ1n) is 6.19. The predicted octanol–water partition coefficient (Wildman–Crippen LogP) is 1.49.